The smallest absolute Gasteiger partial charge is 0.267 e. The number of nitrogens with zero attached hydrogens (tertiary/aromatic N) is 4. The van der Waals surface area contributed by atoms with Crippen LogP contribution in [0.3, 0.4) is 0 Å². The van der Waals surface area contributed by atoms with Crippen LogP contribution in [-0.2, 0) is 6.54 Å². The number of hydrogen-bond acceptors (Lipinski definition) is 5. The van der Waals surface area contributed by atoms with Crippen molar-refractivity contribution in [3.63, 3.8) is 0 Å². The molecule has 8 heteroatoms. The Morgan fingerprint density at radius 3 is 2.72 bits per heavy atom. The molecule has 2 atom stereocenters. The molecule has 164 valence electrons. The Balaban J connectivity index is 1.38. The van der Waals surface area contributed by atoms with E-state index in [-0.39, 0.29) is 29.3 Å². The molecule has 32 heavy (non-hydrogen) atoms. The molecular formula is C24H24N4O3S. The van der Waals surface area contributed by atoms with Gasteiger partial charge in [0.2, 0.25) is 0 Å². The number of fused-ring (bicyclic) bond motifs is 1. The normalized spacial score (nSPS) is 20.5. The number of likely N-dealkylation sites (tertiary alicyclic amines) is 1. The number of piperidine rings is 1. The van der Waals surface area contributed by atoms with Crippen molar-refractivity contribution in [3.8, 4) is 10.6 Å². The van der Waals surface area contributed by atoms with E-state index in [9.17, 15) is 14.4 Å². The summed E-state index contributed by atoms with van der Waals surface area (Å²) in [5.74, 6) is -0.178. The molecular weight excluding hydrogens is 424 g/mol. The molecule has 4 heterocycles. The van der Waals surface area contributed by atoms with Gasteiger partial charge in [0.05, 0.1) is 22.0 Å². The molecule has 0 aliphatic carbocycles. The van der Waals surface area contributed by atoms with Crippen molar-refractivity contribution in [1.82, 2.24) is 19.6 Å². The topological polar surface area (TPSA) is 75.5 Å². The van der Waals surface area contributed by atoms with Crippen LogP contribution in [0.4, 0.5) is 0 Å². The third-order valence-corrected chi connectivity index (χ3v) is 7.30. The molecule has 0 radical (unpaired) electrons. The van der Waals surface area contributed by atoms with Gasteiger partial charge >= 0.3 is 0 Å². The van der Waals surface area contributed by atoms with Gasteiger partial charge in [0, 0.05) is 32.7 Å². The SMILES string of the molecule is C[C@@H]1CN(C(=O)c2cccc3c2C(=O)N(C)C3)CC[C@@H]1n1nc(-c2cccs2)ccc1=O. The molecule has 0 spiro atoms. The first-order valence-electron chi connectivity index (χ1n) is 10.7. The molecule has 2 amide bonds. The summed E-state index contributed by atoms with van der Waals surface area (Å²) in [6, 6.07) is 12.7. The van der Waals surface area contributed by atoms with Gasteiger partial charge in [-0.05, 0) is 41.5 Å². The van der Waals surface area contributed by atoms with Crippen molar-refractivity contribution in [2.24, 2.45) is 5.92 Å². The van der Waals surface area contributed by atoms with Crippen molar-refractivity contribution in [2.75, 3.05) is 20.1 Å². The van der Waals surface area contributed by atoms with Crippen molar-refractivity contribution >= 4 is 23.2 Å². The molecule has 2 aliphatic heterocycles. The monoisotopic (exact) mass is 448 g/mol. The van der Waals surface area contributed by atoms with E-state index in [1.54, 1.807) is 51.1 Å². The van der Waals surface area contributed by atoms with E-state index in [1.165, 1.54) is 0 Å². The number of carbonyl (C=O) groups excluding carboxylic acids is 2. The summed E-state index contributed by atoms with van der Waals surface area (Å²) in [7, 11) is 1.75. The number of benzene rings is 1. The van der Waals surface area contributed by atoms with Gasteiger partial charge < -0.3 is 9.80 Å². The van der Waals surface area contributed by atoms with E-state index < -0.39 is 0 Å². The Kier molecular flexibility index (Phi) is 5.17. The standard InChI is InChI=1S/C24H24N4O3S/c1-15-13-27(23(30)17-6-3-5-16-14-26(2)24(31)22(16)17)11-10-19(15)28-21(29)9-8-18(25-28)20-7-4-12-32-20/h3-9,12,15,19H,10-11,13-14H2,1-2H3/t15-,19+/m1/s1. The van der Waals surface area contributed by atoms with Gasteiger partial charge in [-0.2, -0.15) is 5.10 Å². The average molecular weight is 449 g/mol. The van der Waals surface area contributed by atoms with Crippen LogP contribution in [0.5, 0.6) is 0 Å². The molecule has 1 saturated heterocycles. The van der Waals surface area contributed by atoms with E-state index >= 15 is 0 Å². The first-order valence-corrected chi connectivity index (χ1v) is 11.6. The minimum absolute atomic E-state index is 0.0478. The maximum Gasteiger partial charge on any atom is 0.267 e. The van der Waals surface area contributed by atoms with Gasteiger partial charge in [-0.1, -0.05) is 25.1 Å². The van der Waals surface area contributed by atoms with Crippen molar-refractivity contribution in [2.45, 2.75) is 25.9 Å². The highest BCUT2D eigenvalue weighted by Gasteiger charge is 2.35. The lowest BCUT2D eigenvalue weighted by Gasteiger charge is -2.37. The molecule has 7 nitrogen and oxygen atoms in total. The number of hydrogen-bond donors (Lipinski definition) is 0. The number of amides is 2. The lowest BCUT2D eigenvalue weighted by atomic mass is 9.92. The summed E-state index contributed by atoms with van der Waals surface area (Å²) in [6.07, 6.45) is 0.635. The van der Waals surface area contributed by atoms with Gasteiger partial charge in [0.15, 0.2) is 0 Å². The first-order chi connectivity index (χ1) is 15.4. The highest BCUT2D eigenvalue weighted by atomic mass is 32.1. The summed E-state index contributed by atoms with van der Waals surface area (Å²) in [6.45, 7) is 3.60. The fraction of sp³-hybridized carbons (Fsp3) is 0.333. The second kappa shape index (κ2) is 8.02. The second-order valence-corrected chi connectivity index (χ2v) is 9.51. The molecule has 1 aromatic carbocycles. The largest absolute Gasteiger partial charge is 0.338 e. The number of aromatic nitrogens is 2. The Bertz CT molecular complexity index is 1250. The number of thiophene rings is 1. The Hall–Kier alpha value is -3.26. The van der Waals surface area contributed by atoms with E-state index in [2.05, 4.69) is 5.10 Å². The first kappa shape index (κ1) is 20.6. The Morgan fingerprint density at radius 2 is 1.97 bits per heavy atom. The highest BCUT2D eigenvalue weighted by Crippen LogP contribution is 2.31. The zero-order valence-corrected chi connectivity index (χ0v) is 18.8. The number of rotatable bonds is 3. The van der Waals surface area contributed by atoms with Gasteiger partial charge in [-0.15, -0.1) is 11.3 Å². The molecule has 0 N–H and O–H groups in total. The van der Waals surface area contributed by atoms with Crippen LogP contribution in [0.25, 0.3) is 10.6 Å². The van der Waals surface area contributed by atoms with E-state index in [0.717, 1.165) is 16.1 Å². The van der Waals surface area contributed by atoms with Crippen LogP contribution >= 0.6 is 11.3 Å². The molecule has 2 aromatic heterocycles. The Labute approximate surface area is 189 Å². The molecule has 0 saturated carbocycles. The van der Waals surface area contributed by atoms with Crippen molar-refractivity contribution < 1.29 is 9.59 Å². The summed E-state index contributed by atoms with van der Waals surface area (Å²) in [5, 5.41) is 6.63. The lowest BCUT2D eigenvalue weighted by Crippen LogP contribution is -2.46. The summed E-state index contributed by atoms with van der Waals surface area (Å²) in [5.41, 5.74) is 2.55. The van der Waals surface area contributed by atoms with E-state index in [0.29, 0.717) is 37.2 Å². The molecule has 3 aromatic rings. The summed E-state index contributed by atoms with van der Waals surface area (Å²) >= 11 is 1.59. The zero-order chi connectivity index (χ0) is 22.4. The predicted molar refractivity (Wildman–Crippen MR) is 123 cm³/mol. The van der Waals surface area contributed by atoms with Crippen LogP contribution in [0, 0.1) is 5.92 Å². The number of carbonyl (C=O) groups is 2. The minimum Gasteiger partial charge on any atom is -0.338 e. The van der Waals surface area contributed by atoms with E-state index in [4.69, 9.17) is 0 Å². The van der Waals surface area contributed by atoms with E-state index in [1.807, 2.05) is 36.6 Å². The molecule has 0 bridgehead atoms. The van der Waals surface area contributed by atoms with Crippen LogP contribution < -0.4 is 5.56 Å². The quantitative estimate of drug-likeness (QED) is 0.616. The average Bonchev–Trinajstić information content (AvgIpc) is 3.42. The van der Waals surface area contributed by atoms with Crippen molar-refractivity contribution in [1.29, 1.82) is 0 Å². The summed E-state index contributed by atoms with van der Waals surface area (Å²) < 4.78 is 1.58. The fourth-order valence-corrected chi connectivity index (χ4v) is 5.44. The predicted octanol–water partition coefficient (Wildman–Crippen LogP) is 3.28. The van der Waals surface area contributed by atoms with Crippen LogP contribution in [0.1, 0.15) is 45.7 Å². The second-order valence-electron chi connectivity index (χ2n) is 8.56. The summed E-state index contributed by atoms with van der Waals surface area (Å²) in [4.78, 5) is 43.0. The molecule has 2 aliphatic rings. The maximum atomic E-state index is 13.3. The van der Waals surface area contributed by atoms with Crippen LogP contribution in [0.2, 0.25) is 0 Å². The maximum absolute atomic E-state index is 13.3. The highest BCUT2D eigenvalue weighted by molar-refractivity contribution is 7.13. The lowest BCUT2D eigenvalue weighted by molar-refractivity contribution is 0.0602. The molecule has 0 unspecified atom stereocenters. The van der Waals surface area contributed by atoms with Crippen LogP contribution in [-0.4, -0.2) is 51.5 Å². The third-order valence-electron chi connectivity index (χ3n) is 6.41. The minimum atomic E-state index is -0.128. The molecule has 1 fully saturated rings. The fourth-order valence-electron chi connectivity index (χ4n) is 4.75. The van der Waals surface area contributed by atoms with Gasteiger partial charge in [-0.25, -0.2) is 4.68 Å². The van der Waals surface area contributed by atoms with Crippen molar-refractivity contribution in [3.05, 3.63) is 74.9 Å². The van der Waals surface area contributed by atoms with Gasteiger partial charge in [0.1, 0.15) is 5.69 Å². The molecule has 5 rings (SSSR count). The Morgan fingerprint density at radius 1 is 1.12 bits per heavy atom. The zero-order valence-electron chi connectivity index (χ0n) is 18.0. The van der Waals surface area contributed by atoms with Crippen LogP contribution in [0.15, 0.2) is 52.6 Å². The van der Waals surface area contributed by atoms with Gasteiger partial charge in [0.25, 0.3) is 17.4 Å². The third kappa shape index (κ3) is 3.44. The van der Waals surface area contributed by atoms with Gasteiger partial charge in [-0.3, -0.25) is 14.4 Å².